The zero-order valence-electron chi connectivity index (χ0n) is 16.7. The Hall–Kier alpha value is -2.39. The lowest BCUT2D eigenvalue weighted by Crippen LogP contribution is -2.53. The van der Waals surface area contributed by atoms with Gasteiger partial charge in [0.25, 0.3) is 0 Å². The Bertz CT molecular complexity index is 1010. The molecule has 1 fully saturated rings. The average Bonchev–Trinajstić information content (AvgIpc) is 3.12. The first-order valence-corrected chi connectivity index (χ1v) is 11.2. The van der Waals surface area contributed by atoms with Crippen molar-refractivity contribution in [1.29, 1.82) is 0 Å². The van der Waals surface area contributed by atoms with E-state index in [1.807, 2.05) is 30.3 Å². The minimum absolute atomic E-state index is 0.0348. The molecular formula is C21H23F3N2O3S. The fourth-order valence-electron chi connectivity index (χ4n) is 3.75. The number of anilines is 1. The summed E-state index contributed by atoms with van der Waals surface area (Å²) in [5, 5.41) is 0. The number of halogens is 3. The summed E-state index contributed by atoms with van der Waals surface area (Å²) >= 11 is 0. The molecule has 1 saturated heterocycles. The summed E-state index contributed by atoms with van der Waals surface area (Å²) in [5.74, 6) is -1.04. The maximum atomic E-state index is 14.1. The summed E-state index contributed by atoms with van der Waals surface area (Å²) in [5.41, 5.74) is -1.42. The molecule has 1 heterocycles. The Morgan fingerprint density at radius 3 is 2.23 bits per heavy atom. The second-order valence-corrected chi connectivity index (χ2v) is 9.67. The number of carbonyl (C=O) groups excluding carboxylic acids is 1. The molecule has 0 radical (unpaired) electrons. The molecule has 1 amide bonds. The molecule has 9 heteroatoms. The molecule has 30 heavy (non-hydrogen) atoms. The molecule has 0 aromatic heterocycles. The third-order valence-corrected chi connectivity index (χ3v) is 6.63. The van der Waals surface area contributed by atoms with Gasteiger partial charge in [0, 0.05) is 32.1 Å². The monoisotopic (exact) mass is 440 g/mol. The fourth-order valence-corrected chi connectivity index (χ4v) is 4.38. The molecule has 0 aliphatic carbocycles. The number of sulfone groups is 1. The Morgan fingerprint density at radius 2 is 1.70 bits per heavy atom. The number of hydrogen-bond donors (Lipinski definition) is 0. The lowest BCUT2D eigenvalue weighted by Gasteiger charge is -2.34. The molecule has 1 aliphatic heterocycles. The van der Waals surface area contributed by atoms with Gasteiger partial charge >= 0.3 is 6.18 Å². The predicted molar refractivity (Wildman–Crippen MR) is 108 cm³/mol. The highest BCUT2D eigenvalue weighted by molar-refractivity contribution is 7.90. The van der Waals surface area contributed by atoms with E-state index in [-0.39, 0.29) is 23.5 Å². The van der Waals surface area contributed by atoms with Gasteiger partial charge in [-0.2, -0.15) is 13.2 Å². The first-order valence-electron chi connectivity index (χ1n) is 9.35. The van der Waals surface area contributed by atoms with E-state index in [9.17, 15) is 26.4 Å². The van der Waals surface area contributed by atoms with Gasteiger partial charge in [0.1, 0.15) is 0 Å². The standard InChI is InChI=1S/C21H23F3N2O3S/c1-25(17-8-10-18(11-9-17)30(2,28)29)19(27)20(21(22,23)24)12-13-26(15-20)14-16-6-4-3-5-7-16/h3-11H,12-15H2,1-2H3/t20-/m0/s1. The van der Waals surface area contributed by atoms with Crippen LogP contribution in [0.3, 0.4) is 0 Å². The van der Waals surface area contributed by atoms with Crippen LogP contribution in [0.15, 0.2) is 59.5 Å². The average molecular weight is 440 g/mol. The van der Waals surface area contributed by atoms with Crippen LogP contribution in [0.2, 0.25) is 0 Å². The fraction of sp³-hybridized carbons (Fsp3) is 0.381. The molecule has 0 unspecified atom stereocenters. The normalized spacial score (nSPS) is 20.3. The van der Waals surface area contributed by atoms with Gasteiger partial charge in [0.15, 0.2) is 15.3 Å². The van der Waals surface area contributed by atoms with Gasteiger partial charge in [-0.05, 0) is 42.8 Å². The van der Waals surface area contributed by atoms with Crippen molar-refractivity contribution in [3.63, 3.8) is 0 Å². The molecule has 3 rings (SSSR count). The first-order chi connectivity index (χ1) is 13.9. The van der Waals surface area contributed by atoms with E-state index in [0.717, 1.165) is 16.7 Å². The summed E-state index contributed by atoms with van der Waals surface area (Å²) < 4.78 is 65.5. The van der Waals surface area contributed by atoms with E-state index in [1.165, 1.54) is 31.3 Å². The van der Waals surface area contributed by atoms with Crippen molar-refractivity contribution in [3.05, 3.63) is 60.2 Å². The molecule has 0 bridgehead atoms. The number of rotatable bonds is 5. The zero-order valence-corrected chi connectivity index (χ0v) is 17.5. The van der Waals surface area contributed by atoms with Gasteiger partial charge in [-0.1, -0.05) is 30.3 Å². The number of alkyl halides is 3. The largest absolute Gasteiger partial charge is 0.404 e. The van der Waals surface area contributed by atoms with Gasteiger partial charge in [-0.15, -0.1) is 0 Å². The topological polar surface area (TPSA) is 57.7 Å². The number of likely N-dealkylation sites (tertiary alicyclic amines) is 1. The van der Waals surface area contributed by atoms with Crippen LogP contribution < -0.4 is 4.90 Å². The van der Waals surface area contributed by atoms with Crippen LogP contribution in [0.25, 0.3) is 0 Å². The summed E-state index contributed by atoms with van der Waals surface area (Å²) in [4.78, 5) is 15.7. The summed E-state index contributed by atoms with van der Waals surface area (Å²) in [6.45, 7) is 0.0652. The van der Waals surface area contributed by atoms with Gasteiger partial charge in [0.05, 0.1) is 4.90 Å². The number of amides is 1. The van der Waals surface area contributed by atoms with E-state index in [0.29, 0.717) is 6.54 Å². The lowest BCUT2D eigenvalue weighted by molar-refractivity contribution is -0.216. The molecule has 1 atom stereocenters. The van der Waals surface area contributed by atoms with E-state index in [1.54, 1.807) is 4.90 Å². The van der Waals surface area contributed by atoms with Crippen LogP contribution in [-0.2, 0) is 21.2 Å². The highest BCUT2D eigenvalue weighted by Gasteiger charge is 2.63. The van der Waals surface area contributed by atoms with Crippen molar-refractivity contribution in [2.75, 3.05) is 31.3 Å². The van der Waals surface area contributed by atoms with Crippen LogP contribution in [0.4, 0.5) is 18.9 Å². The number of hydrogen-bond acceptors (Lipinski definition) is 4. The summed E-state index contributed by atoms with van der Waals surface area (Å²) in [6.07, 6.45) is -4.00. The maximum absolute atomic E-state index is 14.1. The van der Waals surface area contributed by atoms with Crippen molar-refractivity contribution in [2.45, 2.75) is 24.0 Å². The summed E-state index contributed by atoms with van der Waals surface area (Å²) in [6, 6.07) is 14.4. The molecule has 0 spiro atoms. The Kier molecular flexibility index (Phi) is 5.97. The third-order valence-electron chi connectivity index (χ3n) is 5.51. The Labute approximate surface area is 174 Å². The van der Waals surface area contributed by atoms with Crippen LogP contribution in [0.5, 0.6) is 0 Å². The predicted octanol–water partition coefficient (Wildman–Crippen LogP) is 3.51. The zero-order chi connectivity index (χ0) is 22.2. The smallest absolute Gasteiger partial charge is 0.315 e. The minimum Gasteiger partial charge on any atom is -0.315 e. The van der Waals surface area contributed by atoms with Crippen LogP contribution in [0.1, 0.15) is 12.0 Å². The van der Waals surface area contributed by atoms with Crippen molar-refractivity contribution >= 4 is 21.4 Å². The minimum atomic E-state index is -4.71. The molecule has 2 aromatic rings. The quantitative estimate of drug-likeness (QED) is 0.714. The van der Waals surface area contributed by atoms with E-state index < -0.39 is 33.9 Å². The molecule has 5 nitrogen and oxygen atoms in total. The first kappa shape index (κ1) is 22.3. The van der Waals surface area contributed by atoms with Gasteiger partial charge in [-0.25, -0.2) is 8.42 Å². The number of carbonyl (C=O) groups is 1. The Morgan fingerprint density at radius 1 is 1.10 bits per heavy atom. The highest BCUT2D eigenvalue weighted by Crippen LogP contribution is 2.47. The second-order valence-electron chi connectivity index (χ2n) is 7.66. The third kappa shape index (κ3) is 4.37. The summed E-state index contributed by atoms with van der Waals surface area (Å²) in [7, 11) is -2.16. The van der Waals surface area contributed by atoms with Crippen molar-refractivity contribution in [1.82, 2.24) is 4.90 Å². The number of nitrogens with zero attached hydrogens (tertiary/aromatic N) is 2. The van der Waals surface area contributed by atoms with Crippen molar-refractivity contribution in [2.24, 2.45) is 5.41 Å². The number of benzene rings is 2. The van der Waals surface area contributed by atoms with E-state index >= 15 is 0 Å². The lowest BCUT2D eigenvalue weighted by atomic mass is 9.84. The van der Waals surface area contributed by atoms with Gasteiger partial charge < -0.3 is 4.90 Å². The van der Waals surface area contributed by atoms with Crippen LogP contribution >= 0.6 is 0 Å². The molecule has 162 valence electrons. The van der Waals surface area contributed by atoms with Crippen LogP contribution in [-0.4, -0.2) is 51.8 Å². The van der Waals surface area contributed by atoms with Crippen LogP contribution in [0, 0.1) is 5.41 Å². The molecule has 0 saturated carbocycles. The van der Waals surface area contributed by atoms with E-state index in [4.69, 9.17) is 0 Å². The van der Waals surface area contributed by atoms with Crippen molar-refractivity contribution in [3.8, 4) is 0 Å². The second kappa shape index (κ2) is 8.03. The van der Waals surface area contributed by atoms with Gasteiger partial charge in [0.2, 0.25) is 5.91 Å². The Balaban J connectivity index is 1.84. The molecule has 1 aliphatic rings. The maximum Gasteiger partial charge on any atom is 0.404 e. The highest BCUT2D eigenvalue weighted by atomic mass is 32.2. The van der Waals surface area contributed by atoms with Crippen molar-refractivity contribution < 1.29 is 26.4 Å². The molecular weight excluding hydrogens is 417 g/mol. The molecule has 2 aromatic carbocycles. The van der Waals surface area contributed by atoms with E-state index in [2.05, 4.69) is 0 Å². The SMILES string of the molecule is CN(C(=O)[C@]1(C(F)(F)F)CCN(Cc2ccccc2)C1)c1ccc(S(C)(=O)=O)cc1. The molecule has 0 N–H and O–H groups in total. The van der Waals surface area contributed by atoms with Gasteiger partial charge in [-0.3, -0.25) is 9.69 Å².